The van der Waals surface area contributed by atoms with E-state index < -0.39 is 0 Å². The molecule has 1 saturated heterocycles. The number of nitrogens with one attached hydrogen (secondary N) is 2. The van der Waals surface area contributed by atoms with Crippen LogP contribution in [-0.4, -0.2) is 50.6 Å². The Morgan fingerprint density at radius 3 is 2.71 bits per heavy atom. The fourth-order valence-corrected chi connectivity index (χ4v) is 3.30. The molecule has 1 aliphatic rings. The molecule has 2 rings (SSSR count). The SMILES string of the molecule is CCNC(=NCCC1CCN(C)CC1)NCCc1ccccc1Cl. The summed E-state index contributed by atoms with van der Waals surface area (Å²) in [6.07, 6.45) is 4.71. The third-order valence-corrected chi connectivity index (χ3v) is 5.00. The summed E-state index contributed by atoms with van der Waals surface area (Å²) in [6.45, 7) is 7.17. The van der Waals surface area contributed by atoms with Gasteiger partial charge in [-0.2, -0.15) is 0 Å². The molecule has 134 valence electrons. The Labute approximate surface area is 151 Å². The maximum Gasteiger partial charge on any atom is 0.191 e. The molecule has 0 unspecified atom stereocenters. The quantitative estimate of drug-likeness (QED) is 0.586. The number of hydrogen-bond acceptors (Lipinski definition) is 2. The van der Waals surface area contributed by atoms with Gasteiger partial charge in [-0.3, -0.25) is 4.99 Å². The molecule has 0 radical (unpaired) electrons. The number of hydrogen-bond donors (Lipinski definition) is 2. The molecule has 0 aromatic heterocycles. The van der Waals surface area contributed by atoms with Crippen molar-refractivity contribution in [2.75, 3.05) is 39.8 Å². The van der Waals surface area contributed by atoms with E-state index in [-0.39, 0.29) is 0 Å². The standard InChI is InChI=1S/C19H31ClN4/c1-3-21-19(22-12-8-16-10-14-24(2)15-11-16)23-13-9-17-6-4-5-7-18(17)20/h4-7,16H,3,8-15H2,1-2H3,(H2,21,22,23). The van der Waals surface area contributed by atoms with Crippen LogP contribution in [0.2, 0.25) is 5.02 Å². The minimum absolute atomic E-state index is 0.830. The van der Waals surface area contributed by atoms with Crippen molar-refractivity contribution in [3.8, 4) is 0 Å². The van der Waals surface area contributed by atoms with Crippen LogP contribution in [0.3, 0.4) is 0 Å². The molecule has 5 heteroatoms. The van der Waals surface area contributed by atoms with E-state index in [0.717, 1.165) is 43.0 Å². The fraction of sp³-hybridized carbons (Fsp3) is 0.632. The molecule has 1 aromatic carbocycles. The second kappa shape index (κ2) is 10.6. The van der Waals surface area contributed by atoms with Crippen LogP contribution in [0, 0.1) is 5.92 Å². The Kier molecular flexibility index (Phi) is 8.40. The van der Waals surface area contributed by atoms with Crippen LogP contribution in [0.1, 0.15) is 31.7 Å². The summed E-state index contributed by atoms with van der Waals surface area (Å²) in [5.41, 5.74) is 1.17. The molecule has 2 N–H and O–H groups in total. The topological polar surface area (TPSA) is 39.7 Å². The zero-order valence-corrected chi connectivity index (χ0v) is 15.8. The average molecular weight is 351 g/mol. The number of rotatable bonds is 7. The van der Waals surface area contributed by atoms with E-state index in [9.17, 15) is 0 Å². The van der Waals surface area contributed by atoms with Gasteiger partial charge in [-0.25, -0.2) is 0 Å². The number of halogens is 1. The first-order valence-electron chi connectivity index (χ1n) is 9.13. The highest BCUT2D eigenvalue weighted by molar-refractivity contribution is 6.31. The molecule has 0 atom stereocenters. The van der Waals surface area contributed by atoms with Crippen molar-refractivity contribution in [1.29, 1.82) is 0 Å². The molecule has 1 heterocycles. The number of guanidine groups is 1. The Bertz CT molecular complexity index is 510. The summed E-state index contributed by atoms with van der Waals surface area (Å²) in [6, 6.07) is 8.02. The second-order valence-corrected chi connectivity index (χ2v) is 6.97. The Balaban J connectivity index is 1.73. The minimum atomic E-state index is 0.830. The highest BCUT2D eigenvalue weighted by atomic mass is 35.5. The molecule has 0 saturated carbocycles. The van der Waals surface area contributed by atoms with Gasteiger partial charge in [0.2, 0.25) is 0 Å². The van der Waals surface area contributed by atoms with Crippen LogP contribution in [0.4, 0.5) is 0 Å². The summed E-state index contributed by atoms with van der Waals surface area (Å²) in [7, 11) is 2.21. The predicted molar refractivity (Wildman–Crippen MR) is 104 cm³/mol. The normalized spacial score (nSPS) is 17.0. The van der Waals surface area contributed by atoms with Gasteiger partial charge in [0, 0.05) is 24.7 Å². The van der Waals surface area contributed by atoms with Crippen molar-refractivity contribution < 1.29 is 0 Å². The van der Waals surface area contributed by atoms with Crippen molar-refractivity contribution in [3.63, 3.8) is 0 Å². The summed E-state index contributed by atoms with van der Waals surface area (Å²) >= 11 is 6.20. The number of aliphatic imine (C=N–C) groups is 1. The molecule has 1 fully saturated rings. The van der Waals surface area contributed by atoms with Crippen LogP contribution in [0.5, 0.6) is 0 Å². The molecule has 0 bridgehead atoms. The number of piperidine rings is 1. The highest BCUT2D eigenvalue weighted by Crippen LogP contribution is 2.19. The van der Waals surface area contributed by atoms with Crippen molar-refractivity contribution >= 4 is 17.6 Å². The minimum Gasteiger partial charge on any atom is -0.357 e. The molecule has 1 aliphatic heterocycles. The Morgan fingerprint density at radius 1 is 1.25 bits per heavy atom. The fourth-order valence-electron chi connectivity index (χ4n) is 3.07. The molecule has 0 spiro atoms. The summed E-state index contributed by atoms with van der Waals surface area (Å²) < 4.78 is 0. The first-order chi connectivity index (χ1) is 11.7. The average Bonchev–Trinajstić information content (AvgIpc) is 2.58. The van der Waals surface area contributed by atoms with Gasteiger partial charge >= 0.3 is 0 Å². The van der Waals surface area contributed by atoms with Crippen LogP contribution in [0.25, 0.3) is 0 Å². The van der Waals surface area contributed by atoms with E-state index >= 15 is 0 Å². The molecule has 1 aromatic rings. The van der Waals surface area contributed by atoms with Gasteiger partial charge in [0.15, 0.2) is 5.96 Å². The maximum absolute atomic E-state index is 6.20. The number of likely N-dealkylation sites (tertiary alicyclic amines) is 1. The molecule has 24 heavy (non-hydrogen) atoms. The van der Waals surface area contributed by atoms with E-state index in [1.807, 2.05) is 18.2 Å². The highest BCUT2D eigenvalue weighted by Gasteiger charge is 2.15. The Hall–Kier alpha value is -1.26. The third kappa shape index (κ3) is 6.70. The first kappa shape index (κ1) is 19.1. The van der Waals surface area contributed by atoms with E-state index in [2.05, 4.69) is 35.6 Å². The summed E-state index contributed by atoms with van der Waals surface area (Å²) in [5, 5.41) is 7.58. The predicted octanol–water partition coefficient (Wildman–Crippen LogP) is 3.17. The summed E-state index contributed by atoms with van der Waals surface area (Å²) in [4.78, 5) is 7.14. The maximum atomic E-state index is 6.20. The molecule has 0 amide bonds. The van der Waals surface area contributed by atoms with Gasteiger partial charge in [0.05, 0.1) is 0 Å². The molecular weight excluding hydrogens is 320 g/mol. The van der Waals surface area contributed by atoms with Gasteiger partial charge < -0.3 is 15.5 Å². The smallest absolute Gasteiger partial charge is 0.191 e. The third-order valence-electron chi connectivity index (χ3n) is 4.63. The van der Waals surface area contributed by atoms with Gasteiger partial charge in [0.1, 0.15) is 0 Å². The summed E-state index contributed by atoms with van der Waals surface area (Å²) in [5.74, 6) is 1.74. The molecule has 4 nitrogen and oxygen atoms in total. The van der Waals surface area contributed by atoms with Gasteiger partial charge in [-0.05, 0) is 70.3 Å². The van der Waals surface area contributed by atoms with E-state index in [0.29, 0.717) is 0 Å². The lowest BCUT2D eigenvalue weighted by atomic mass is 9.94. The lowest BCUT2D eigenvalue weighted by Gasteiger charge is -2.28. The van der Waals surface area contributed by atoms with Crippen LogP contribution in [0.15, 0.2) is 29.3 Å². The van der Waals surface area contributed by atoms with E-state index in [1.165, 1.54) is 37.9 Å². The first-order valence-corrected chi connectivity index (χ1v) is 9.51. The second-order valence-electron chi connectivity index (χ2n) is 6.56. The van der Waals surface area contributed by atoms with Gasteiger partial charge in [0.25, 0.3) is 0 Å². The van der Waals surface area contributed by atoms with Crippen molar-refractivity contribution in [1.82, 2.24) is 15.5 Å². The van der Waals surface area contributed by atoms with Gasteiger partial charge in [-0.1, -0.05) is 29.8 Å². The van der Waals surface area contributed by atoms with E-state index in [1.54, 1.807) is 0 Å². The zero-order chi connectivity index (χ0) is 17.2. The number of benzene rings is 1. The lowest BCUT2D eigenvalue weighted by Crippen LogP contribution is -2.38. The Morgan fingerprint density at radius 2 is 2.00 bits per heavy atom. The van der Waals surface area contributed by atoms with Crippen LogP contribution in [-0.2, 0) is 6.42 Å². The molecular formula is C19H31ClN4. The number of nitrogens with zero attached hydrogens (tertiary/aromatic N) is 2. The van der Waals surface area contributed by atoms with E-state index in [4.69, 9.17) is 16.6 Å². The van der Waals surface area contributed by atoms with Crippen LogP contribution >= 0.6 is 11.6 Å². The molecule has 0 aliphatic carbocycles. The van der Waals surface area contributed by atoms with Crippen molar-refractivity contribution in [2.45, 2.75) is 32.6 Å². The lowest BCUT2D eigenvalue weighted by molar-refractivity contribution is 0.214. The van der Waals surface area contributed by atoms with Crippen molar-refractivity contribution in [2.24, 2.45) is 10.9 Å². The van der Waals surface area contributed by atoms with Crippen LogP contribution < -0.4 is 10.6 Å². The largest absolute Gasteiger partial charge is 0.357 e. The van der Waals surface area contributed by atoms with Gasteiger partial charge in [-0.15, -0.1) is 0 Å². The van der Waals surface area contributed by atoms with Crippen molar-refractivity contribution in [3.05, 3.63) is 34.9 Å². The monoisotopic (exact) mass is 350 g/mol. The zero-order valence-electron chi connectivity index (χ0n) is 15.0.